The molecule has 1 heterocycles. The molecule has 1 saturated heterocycles. The molecule has 3 amide bonds. The molecular formula is C23H33BN4O5. The predicted molar refractivity (Wildman–Crippen MR) is 124 cm³/mol. The average molecular weight is 456 g/mol. The van der Waals surface area contributed by atoms with Crippen LogP contribution in [0.4, 0.5) is 4.79 Å². The Morgan fingerprint density at radius 2 is 2.00 bits per heavy atom. The molecule has 0 radical (unpaired) electrons. The van der Waals surface area contributed by atoms with Crippen molar-refractivity contribution >= 4 is 19.3 Å². The maximum Gasteiger partial charge on any atom is 0.635 e. The van der Waals surface area contributed by atoms with Crippen molar-refractivity contribution in [2.24, 2.45) is 5.41 Å². The van der Waals surface area contributed by atoms with Gasteiger partial charge in [-0.05, 0) is 30.2 Å². The molecule has 2 atom stereocenters. The van der Waals surface area contributed by atoms with Gasteiger partial charge in [0.1, 0.15) is 17.9 Å². The SMILES string of the molecule is CC(C)(C)C=C(C#N)C(=O)N1CCCC[C@H]1CNC(=O)N[C@@H](Cc1ccccc1)OB(O)O. The lowest BCUT2D eigenvalue weighted by Crippen LogP contribution is -2.53. The van der Waals surface area contributed by atoms with Gasteiger partial charge in [0.25, 0.3) is 5.91 Å². The lowest BCUT2D eigenvalue weighted by atomic mass is 9.92. The Balaban J connectivity index is 1.99. The van der Waals surface area contributed by atoms with E-state index in [0.717, 1.165) is 18.4 Å². The van der Waals surface area contributed by atoms with Crippen molar-refractivity contribution in [1.29, 1.82) is 5.26 Å². The fourth-order valence-corrected chi connectivity index (χ4v) is 3.73. The van der Waals surface area contributed by atoms with Crippen molar-refractivity contribution in [2.45, 2.75) is 58.7 Å². The lowest BCUT2D eigenvalue weighted by molar-refractivity contribution is -0.130. The molecule has 1 aliphatic heterocycles. The van der Waals surface area contributed by atoms with Gasteiger partial charge in [0.05, 0.1) is 0 Å². The minimum absolute atomic E-state index is 0.104. The molecule has 0 bridgehead atoms. The number of nitrogens with zero attached hydrogens (tertiary/aromatic N) is 2. The van der Waals surface area contributed by atoms with E-state index in [2.05, 4.69) is 10.6 Å². The van der Waals surface area contributed by atoms with Crippen LogP contribution >= 0.6 is 0 Å². The molecule has 10 heteroatoms. The van der Waals surface area contributed by atoms with Crippen LogP contribution in [0.3, 0.4) is 0 Å². The maximum absolute atomic E-state index is 13.0. The Bertz CT molecular complexity index is 864. The van der Waals surface area contributed by atoms with Gasteiger partial charge in [0.15, 0.2) is 0 Å². The largest absolute Gasteiger partial charge is 0.635 e. The van der Waals surface area contributed by atoms with Crippen LogP contribution in [-0.2, 0) is 15.9 Å². The lowest BCUT2D eigenvalue weighted by Gasteiger charge is -2.36. The first-order chi connectivity index (χ1) is 15.6. The fourth-order valence-electron chi connectivity index (χ4n) is 3.73. The fraction of sp³-hybridized carbons (Fsp3) is 0.522. The number of nitriles is 1. The monoisotopic (exact) mass is 456 g/mol. The highest BCUT2D eigenvalue weighted by molar-refractivity contribution is 6.32. The highest BCUT2D eigenvalue weighted by Crippen LogP contribution is 2.22. The summed E-state index contributed by atoms with van der Waals surface area (Å²) in [7, 11) is -2.04. The maximum atomic E-state index is 13.0. The number of amides is 3. The van der Waals surface area contributed by atoms with Crippen LogP contribution in [0.25, 0.3) is 0 Å². The summed E-state index contributed by atoms with van der Waals surface area (Å²) < 4.78 is 5.00. The standard InChI is InChI=1S/C23H33BN4O5/c1-23(2,3)14-18(15-25)21(29)28-12-8-7-11-19(28)16-26-22(30)27-20(33-24(31)32)13-17-9-5-4-6-10-17/h4-6,9-10,14,19-20,31-32H,7-8,11-13,16H2,1-3H3,(H2,26,27,30)/t19-,20+/m0/s1. The summed E-state index contributed by atoms with van der Waals surface area (Å²) in [6.45, 7) is 6.50. The van der Waals surface area contributed by atoms with E-state index >= 15 is 0 Å². The van der Waals surface area contributed by atoms with E-state index < -0.39 is 19.6 Å². The molecule has 0 aliphatic carbocycles. The average Bonchev–Trinajstić information content (AvgIpc) is 2.75. The number of nitrogens with one attached hydrogen (secondary N) is 2. The molecule has 0 spiro atoms. The summed E-state index contributed by atoms with van der Waals surface area (Å²) in [4.78, 5) is 27.1. The number of hydrogen-bond acceptors (Lipinski definition) is 6. The summed E-state index contributed by atoms with van der Waals surface area (Å²) in [5.41, 5.74) is 0.643. The van der Waals surface area contributed by atoms with Crippen LogP contribution in [-0.4, -0.2) is 59.6 Å². The third-order valence-corrected chi connectivity index (χ3v) is 5.16. The summed E-state index contributed by atoms with van der Waals surface area (Å²) in [6.07, 6.45) is 3.41. The van der Waals surface area contributed by atoms with Crippen molar-refractivity contribution < 1.29 is 24.3 Å². The zero-order valence-electron chi connectivity index (χ0n) is 19.5. The number of carbonyl (C=O) groups is 2. The molecule has 9 nitrogen and oxygen atoms in total. The second kappa shape index (κ2) is 12.4. The van der Waals surface area contributed by atoms with Gasteiger partial charge in [-0.3, -0.25) is 4.79 Å². The first kappa shape index (κ1) is 26.4. The second-order valence-electron chi connectivity index (χ2n) is 9.18. The van der Waals surface area contributed by atoms with E-state index in [-0.39, 0.29) is 35.9 Å². The predicted octanol–water partition coefficient (Wildman–Crippen LogP) is 1.72. The van der Waals surface area contributed by atoms with E-state index in [9.17, 15) is 24.9 Å². The third kappa shape index (κ3) is 9.26. The summed E-state index contributed by atoms with van der Waals surface area (Å²) in [6, 6.07) is 10.4. The minimum atomic E-state index is -2.04. The van der Waals surface area contributed by atoms with Crippen LogP contribution in [0.15, 0.2) is 42.0 Å². The van der Waals surface area contributed by atoms with Gasteiger partial charge in [-0.15, -0.1) is 0 Å². The molecular weight excluding hydrogens is 423 g/mol. The normalized spacial score (nSPS) is 17.6. The van der Waals surface area contributed by atoms with E-state index in [1.807, 2.05) is 57.2 Å². The van der Waals surface area contributed by atoms with Gasteiger partial charge in [-0.25, -0.2) is 4.79 Å². The first-order valence-electron chi connectivity index (χ1n) is 11.1. The number of benzene rings is 1. The molecule has 1 aliphatic rings. The Labute approximate surface area is 195 Å². The van der Waals surface area contributed by atoms with Crippen molar-refractivity contribution in [1.82, 2.24) is 15.5 Å². The quantitative estimate of drug-likeness (QED) is 0.204. The molecule has 33 heavy (non-hydrogen) atoms. The van der Waals surface area contributed by atoms with Gasteiger partial charge in [-0.1, -0.05) is 57.2 Å². The molecule has 1 fully saturated rings. The number of piperidine rings is 1. The second-order valence-corrected chi connectivity index (χ2v) is 9.18. The zero-order valence-corrected chi connectivity index (χ0v) is 19.5. The number of hydrogen-bond donors (Lipinski definition) is 4. The van der Waals surface area contributed by atoms with Crippen LogP contribution in [0.1, 0.15) is 45.6 Å². The van der Waals surface area contributed by atoms with Crippen molar-refractivity contribution in [3.63, 3.8) is 0 Å². The van der Waals surface area contributed by atoms with E-state index in [0.29, 0.717) is 13.0 Å². The van der Waals surface area contributed by atoms with Gasteiger partial charge >= 0.3 is 13.4 Å². The Morgan fingerprint density at radius 3 is 2.61 bits per heavy atom. The smallest absolute Gasteiger partial charge is 0.402 e. The number of carbonyl (C=O) groups excluding carboxylic acids is 2. The Hall–Kier alpha value is -2.87. The van der Waals surface area contributed by atoms with Crippen molar-refractivity contribution in [2.75, 3.05) is 13.1 Å². The zero-order chi connectivity index (χ0) is 24.4. The molecule has 0 saturated carbocycles. The van der Waals surface area contributed by atoms with Crippen molar-refractivity contribution in [3.8, 4) is 6.07 Å². The first-order valence-corrected chi connectivity index (χ1v) is 11.1. The minimum Gasteiger partial charge on any atom is -0.402 e. The summed E-state index contributed by atoms with van der Waals surface area (Å²) in [5.74, 6) is -0.326. The van der Waals surface area contributed by atoms with Crippen LogP contribution in [0.2, 0.25) is 0 Å². The van der Waals surface area contributed by atoms with Gasteiger partial charge in [-0.2, -0.15) is 5.26 Å². The molecule has 178 valence electrons. The molecule has 2 rings (SSSR count). The summed E-state index contributed by atoms with van der Waals surface area (Å²) >= 11 is 0. The molecule has 1 aromatic rings. The highest BCUT2D eigenvalue weighted by Gasteiger charge is 2.30. The number of likely N-dealkylation sites (tertiary alicyclic amines) is 1. The third-order valence-electron chi connectivity index (χ3n) is 5.16. The van der Waals surface area contributed by atoms with Crippen LogP contribution in [0.5, 0.6) is 0 Å². The van der Waals surface area contributed by atoms with E-state index in [1.54, 1.807) is 11.0 Å². The Morgan fingerprint density at radius 1 is 1.30 bits per heavy atom. The van der Waals surface area contributed by atoms with E-state index in [1.165, 1.54) is 0 Å². The van der Waals surface area contributed by atoms with Crippen LogP contribution in [0, 0.1) is 16.7 Å². The molecule has 0 unspecified atom stereocenters. The topological polar surface area (TPSA) is 135 Å². The highest BCUT2D eigenvalue weighted by atomic mass is 16.6. The van der Waals surface area contributed by atoms with Gasteiger partial charge < -0.3 is 30.2 Å². The van der Waals surface area contributed by atoms with Crippen molar-refractivity contribution in [3.05, 3.63) is 47.5 Å². The molecule has 1 aromatic carbocycles. The van der Waals surface area contributed by atoms with E-state index in [4.69, 9.17) is 4.65 Å². The van der Waals surface area contributed by atoms with Gasteiger partial charge in [0.2, 0.25) is 0 Å². The number of allylic oxidation sites excluding steroid dienone is 1. The number of urea groups is 1. The Kier molecular flexibility index (Phi) is 9.91. The summed E-state index contributed by atoms with van der Waals surface area (Å²) in [5, 5.41) is 33.2. The van der Waals surface area contributed by atoms with Crippen LogP contribution < -0.4 is 10.6 Å². The van der Waals surface area contributed by atoms with Gasteiger partial charge in [0, 0.05) is 25.6 Å². The number of rotatable bonds is 8. The molecule has 0 aromatic heterocycles. The molecule has 4 N–H and O–H groups in total.